The van der Waals surface area contributed by atoms with Gasteiger partial charge in [0, 0.05) is 0 Å². The number of rotatable bonds is 1. The normalized spacial score (nSPS) is 17.4. The molecule has 1 rings (SSSR count). The Morgan fingerprint density at radius 3 is 2.55 bits per heavy atom. The fourth-order valence-corrected chi connectivity index (χ4v) is 1.35. The Labute approximate surface area is 69.3 Å². The van der Waals surface area contributed by atoms with Gasteiger partial charge in [-0.05, 0) is 44.3 Å². The van der Waals surface area contributed by atoms with Crippen molar-refractivity contribution in [2.24, 2.45) is 0 Å². The fraction of sp³-hybridized carbons (Fsp3) is 0.545. The minimum Gasteiger partial charge on any atom is -0.121 e. The molecular formula is C11H16. The van der Waals surface area contributed by atoms with Gasteiger partial charge in [-0.15, -0.1) is 5.73 Å². The van der Waals surface area contributed by atoms with Gasteiger partial charge >= 0.3 is 0 Å². The third-order valence-corrected chi connectivity index (χ3v) is 1.98. The first kappa shape index (κ1) is 8.36. The zero-order valence-electron chi connectivity index (χ0n) is 7.32. The molecule has 0 unspecified atom stereocenters. The lowest BCUT2D eigenvalue weighted by molar-refractivity contribution is 0.600. The molecule has 0 aromatic heterocycles. The van der Waals surface area contributed by atoms with Gasteiger partial charge in [-0.25, -0.2) is 0 Å². The molecule has 1 aliphatic rings. The molecule has 0 aromatic rings. The van der Waals surface area contributed by atoms with Gasteiger partial charge in [-0.2, -0.15) is 0 Å². The van der Waals surface area contributed by atoms with Crippen LogP contribution in [0.15, 0.2) is 29.5 Å². The highest BCUT2D eigenvalue weighted by molar-refractivity contribution is 5.15. The Morgan fingerprint density at radius 2 is 2.00 bits per heavy atom. The molecule has 0 saturated heterocycles. The van der Waals surface area contributed by atoms with E-state index in [9.17, 15) is 0 Å². The lowest BCUT2D eigenvalue weighted by atomic mass is 9.95. The Balaban J connectivity index is 2.56. The number of hydrogen-bond donors (Lipinski definition) is 0. The second-order valence-electron chi connectivity index (χ2n) is 3.30. The molecule has 0 nitrogen and oxygen atoms in total. The van der Waals surface area contributed by atoms with E-state index in [0.717, 1.165) is 5.57 Å². The van der Waals surface area contributed by atoms with E-state index in [0.29, 0.717) is 0 Å². The standard InChI is InChI=1S/C11H16/c1-10(2)8-9-11-6-4-3-5-7-11/h8H,1,3-7H2,2H3. The molecule has 11 heavy (non-hydrogen) atoms. The van der Waals surface area contributed by atoms with E-state index in [4.69, 9.17) is 0 Å². The van der Waals surface area contributed by atoms with Crippen LogP contribution in [0.25, 0.3) is 0 Å². The molecule has 0 N–H and O–H groups in total. The predicted octanol–water partition coefficient (Wildman–Crippen LogP) is 3.61. The highest BCUT2D eigenvalue weighted by atomic mass is 14.1. The van der Waals surface area contributed by atoms with Crippen molar-refractivity contribution in [2.45, 2.75) is 39.0 Å². The second kappa shape index (κ2) is 4.20. The first-order valence-electron chi connectivity index (χ1n) is 4.39. The van der Waals surface area contributed by atoms with Crippen LogP contribution < -0.4 is 0 Å². The molecular weight excluding hydrogens is 132 g/mol. The molecule has 0 aromatic carbocycles. The third kappa shape index (κ3) is 3.25. The maximum absolute atomic E-state index is 3.81. The van der Waals surface area contributed by atoms with Crippen molar-refractivity contribution in [1.82, 2.24) is 0 Å². The molecule has 1 fully saturated rings. The molecule has 0 heteroatoms. The zero-order valence-corrected chi connectivity index (χ0v) is 7.32. The summed E-state index contributed by atoms with van der Waals surface area (Å²) in [5.74, 6) is 0. The van der Waals surface area contributed by atoms with Crippen molar-refractivity contribution in [3.05, 3.63) is 29.5 Å². The van der Waals surface area contributed by atoms with Gasteiger partial charge in [0.25, 0.3) is 0 Å². The highest BCUT2D eigenvalue weighted by Crippen LogP contribution is 2.21. The lowest BCUT2D eigenvalue weighted by Gasteiger charge is -2.10. The average molecular weight is 148 g/mol. The predicted molar refractivity (Wildman–Crippen MR) is 49.5 cm³/mol. The minimum atomic E-state index is 1.10. The molecule has 0 spiro atoms. The summed E-state index contributed by atoms with van der Waals surface area (Å²) in [7, 11) is 0. The highest BCUT2D eigenvalue weighted by Gasteiger charge is 2.02. The van der Waals surface area contributed by atoms with Crippen LogP contribution in [-0.2, 0) is 0 Å². The van der Waals surface area contributed by atoms with Crippen molar-refractivity contribution >= 4 is 0 Å². The first-order valence-corrected chi connectivity index (χ1v) is 4.39. The van der Waals surface area contributed by atoms with Gasteiger partial charge in [0.05, 0.1) is 0 Å². The fourth-order valence-electron chi connectivity index (χ4n) is 1.35. The summed E-state index contributed by atoms with van der Waals surface area (Å²) >= 11 is 0. The molecule has 1 aliphatic carbocycles. The summed E-state index contributed by atoms with van der Waals surface area (Å²) < 4.78 is 0. The molecule has 0 amide bonds. The van der Waals surface area contributed by atoms with Gasteiger partial charge in [0.2, 0.25) is 0 Å². The second-order valence-corrected chi connectivity index (χ2v) is 3.30. The van der Waals surface area contributed by atoms with Gasteiger partial charge in [0.1, 0.15) is 0 Å². The van der Waals surface area contributed by atoms with Crippen molar-refractivity contribution < 1.29 is 0 Å². The summed E-state index contributed by atoms with van der Waals surface area (Å²) in [4.78, 5) is 0. The van der Waals surface area contributed by atoms with Crippen molar-refractivity contribution in [2.75, 3.05) is 0 Å². The maximum Gasteiger partial charge on any atom is -0.0177 e. The first-order chi connectivity index (χ1) is 5.29. The Kier molecular flexibility index (Phi) is 3.19. The molecule has 0 bridgehead atoms. The van der Waals surface area contributed by atoms with Crippen molar-refractivity contribution in [3.63, 3.8) is 0 Å². The summed E-state index contributed by atoms with van der Waals surface area (Å²) in [6, 6.07) is 0. The largest absolute Gasteiger partial charge is 0.121 e. The maximum atomic E-state index is 3.81. The monoisotopic (exact) mass is 148 g/mol. The lowest BCUT2D eigenvalue weighted by Crippen LogP contribution is -1.91. The van der Waals surface area contributed by atoms with E-state index in [-0.39, 0.29) is 0 Å². The van der Waals surface area contributed by atoms with Gasteiger partial charge in [0.15, 0.2) is 0 Å². The van der Waals surface area contributed by atoms with E-state index in [1.165, 1.54) is 37.7 Å². The molecule has 0 atom stereocenters. The summed E-state index contributed by atoms with van der Waals surface area (Å²) in [6.07, 6.45) is 8.62. The quantitative estimate of drug-likeness (QED) is 0.393. The van der Waals surface area contributed by atoms with Gasteiger partial charge < -0.3 is 0 Å². The van der Waals surface area contributed by atoms with E-state index >= 15 is 0 Å². The molecule has 0 aliphatic heterocycles. The summed E-state index contributed by atoms with van der Waals surface area (Å²) in [5, 5.41) is 0. The van der Waals surface area contributed by atoms with Gasteiger partial charge in [-0.1, -0.05) is 18.6 Å². The van der Waals surface area contributed by atoms with E-state index in [2.05, 4.69) is 12.3 Å². The van der Waals surface area contributed by atoms with Crippen LogP contribution in [0.3, 0.4) is 0 Å². The Morgan fingerprint density at radius 1 is 1.36 bits per heavy atom. The molecule has 0 radical (unpaired) electrons. The number of hydrogen-bond acceptors (Lipinski definition) is 0. The smallest absolute Gasteiger partial charge is 0.0177 e. The number of allylic oxidation sites excluding steroid dienone is 2. The SMILES string of the molecule is C=C(C)C=C=C1CCCCC1. The summed E-state index contributed by atoms with van der Waals surface area (Å²) in [5.41, 5.74) is 5.90. The third-order valence-electron chi connectivity index (χ3n) is 1.98. The Hall–Kier alpha value is -0.740. The average Bonchev–Trinajstić information content (AvgIpc) is 2.03. The Bertz CT molecular complexity index is 194. The van der Waals surface area contributed by atoms with Crippen LogP contribution in [0.1, 0.15) is 39.0 Å². The topological polar surface area (TPSA) is 0 Å². The van der Waals surface area contributed by atoms with Crippen LogP contribution in [0.2, 0.25) is 0 Å². The zero-order chi connectivity index (χ0) is 8.10. The van der Waals surface area contributed by atoms with E-state index < -0.39 is 0 Å². The van der Waals surface area contributed by atoms with Gasteiger partial charge in [-0.3, -0.25) is 0 Å². The van der Waals surface area contributed by atoms with E-state index in [1.54, 1.807) is 0 Å². The van der Waals surface area contributed by atoms with Crippen LogP contribution in [0.5, 0.6) is 0 Å². The van der Waals surface area contributed by atoms with Crippen LogP contribution in [0.4, 0.5) is 0 Å². The van der Waals surface area contributed by atoms with Crippen LogP contribution in [0, 0.1) is 0 Å². The molecule has 60 valence electrons. The van der Waals surface area contributed by atoms with Crippen molar-refractivity contribution in [1.29, 1.82) is 0 Å². The van der Waals surface area contributed by atoms with Crippen LogP contribution >= 0.6 is 0 Å². The minimum absolute atomic E-state index is 1.10. The van der Waals surface area contributed by atoms with Crippen LogP contribution in [-0.4, -0.2) is 0 Å². The molecule has 1 saturated carbocycles. The van der Waals surface area contributed by atoms with E-state index in [1.807, 2.05) is 13.0 Å². The summed E-state index contributed by atoms with van der Waals surface area (Å²) in [6.45, 7) is 5.82. The van der Waals surface area contributed by atoms with Crippen molar-refractivity contribution in [3.8, 4) is 0 Å². The molecule has 0 heterocycles.